The van der Waals surface area contributed by atoms with Crippen LogP contribution in [0.25, 0.3) is 22.2 Å². The molecule has 1 aromatic heterocycles. The molecule has 0 spiro atoms. The van der Waals surface area contributed by atoms with Gasteiger partial charge in [0.15, 0.2) is 6.61 Å². The minimum Gasteiger partial charge on any atom is -0.497 e. The Balaban J connectivity index is 1.43. The molecule has 0 fully saturated rings. The molecule has 8 nitrogen and oxygen atoms in total. The molecule has 0 atom stereocenters. The van der Waals surface area contributed by atoms with Crippen LogP contribution in [-0.2, 0) is 14.3 Å². The molecule has 0 bridgehead atoms. The number of para-hydroxylation sites is 1. The molecule has 0 saturated heterocycles. The number of fused-ring (bicyclic) bond motifs is 1. The first-order chi connectivity index (χ1) is 18.3. The van der Waals surface area contributed by atoms with Crippen LogP contribution in [0.2, 0.25) is 0 Å². The van der Waals surface area contributed by atoms with E-state index in [0.717, 1.165) is 5.56 Å². The number of nitrogens with zero attached hydrogens (tertiary/aromatic N) is 1. The third kappa shape index (κ3) is 6.53. The third-order valence-corrected chi connectivity index (χ3v) is 5.61. The van der Waals surface area contributed by atoms with Gasteiger partial charge in [-0.3, -0.25) is 4.79 Å². The van der Waals surface area contributed by atoms with Gasteiger partial charge in [-0.1, -0.05) is 32.0 Å². The molecule has 0 unspecified atom stereocenters. The molecule has 0 aliphatic heterocycles. The zero-order valence-electron chi connectivity index (χ0n) is 21.4. The third-order valence-electron chi connectivity index (χ3n) is 5.61. The molecule has 0 saturated carbocycles. The number of amides is 1. The lowest BCUT2D eigenvalue weighted by Gasteiger charge is -2.11. The second-order valence-electron chi connectivity index (χ2n) is 8.99. The van der Waals surface area contributed by atoms with E-state index in [1.807, 2.05) is 56.3 Å². The van der Waals surface area contributed by atoms with Crippen molar-refractivity contribution in [1.82, 2.24) is 4.98 Å². The van der Waals surface area contributed by atoms with Gasteiger partial charge in [-0.15, -0.1) is 0 Å². The Hall–Kier alpha value is -4.72. The van der Waals surface area contributed by atoms with Crippen molar-refractivity contribution in [2.24, 2.45) is 5.92 Å². The average Bonchev–Trinajstić information content (AvgIpc) is 2.94. The van der Waals surface area contributed by atoms with E-state index in [9.17, 15) is 14.4 Å². The fourth-order valence-electron chi connectivity index (χ4n) is 3.68. The summed E-state index contributed by atoms with van der Waals surface area (Å²) in [5, 5.41) is 3.28. The first-order valence-electron chi connectivity index (χ1n) is 12.1. The summed E-state index contributed by atoms with van der Waals surface area (Å²) in [5.41, 5.74) is 3.17. The van der Waals surface area contributed by atoms with Crippen LogP contribution in [0.4, 0.5) is 5.69 Å². The molecular formula is C30H28N2O6. The van der Waals surface area contributed by atoms with Gasteiger partial charge in [0.1, 0.15) is 5.75 Å². The topological polar surface area (TPSA) is 104 Å². The molecule has 4 rings (SSSR count). The maximum atomic E-state index is 13.0. The van der Waals surface area contributed by atoms with E-state index in [-0.39, 0.29) is 5.92 Å². The standard InChI is InChI=1S/C30H28N2O6/c1-19(2)17-37-29(34)21-8-12-22(13-9-21)31-28(33)18-38-30(35)25-16-27(20-10-14-23(36-3)15-11-20)32-26-7-5-4-6-24(25)26/h4-16,19H,17-18H2,1-3H3,(H,31,33). The van der Waals surface area contributed by atoms with Crippen LogP contribution < -0.4 is 10.1 Å². The molecule has 0 aliphatic carbocycles. The number of hydrogen-bond acceptors (Lipinski definition) is 7. The van der Waals surface area contributed by atoms with E-state index in [1.54, 1.807) is 43.5 Å². The Kier molecular flexibility index (Phi) is 8.33. The number of pyridine rings is 1. The van der Waals surface area contributed by atoms with E-state index in [0.29, 0.717) is 45.8 Å². The quantitative estimate of drug-likeness (QED) is 0.295. The summed E-state index contributed by atoms with van der Waals surface area (Å²) in [6.07, 6.45) is 0. The molecule has 8 heteroatoms. The van der Waals surface area contributed by atoms with Crippen molar-refractivity contribution in [3.05, 3.63) is 90.0 Å². The summed E-state index contributed by atoms with van der Waals surface area (Å²) in [7, 11) is 1.59. The molecule has 1 heterocycles. The van der Waals surface area contributed by atoms with E-state index >= 15 is 0 Å². The number of anilines is 1. The Morgan fingerprint density at radius 2 is 1.58 bits per heavy atom. The van der Waals surface area contributed by atoms with Gasteiger partial charge in [-0.05, 0) is 66.6 Å². The van der Waals surface area contributed by atoms with Gasteiger partial charge in [-0.25, -0.2) is 14.6 Å². The lowest BCUT2D eigenvalue weighted by molar-refractivity contribution is -0.119. The predicted molar refractivity (Wildman–Crippen MR) is 144 cm³/mol. The SMILES string of the molecule is COc1ccc(-c2cc(C(=O)OCC(=O)Nc3ccc(C(=O)OCC(C)C)cc3)c3ccccc3n2)cc1. The van der Waals surface area contributed by atoms with Crippen LogP contribution in [0.5, 0.6) is 5.75 Å². The van der Waals surface area contributed by atoms with Gasteiger partial charge in [0.25, 0.3) is 5.91 Å². The van der Waals surface area contributed by atoms with Crippen LogP contribution in [-0.4, -0.2) is 43.2 Å². The summed E-state index contributed by atoms with van der Waals surface area (Å²) in [6.45, 7) is 3.76. The summed E-state index contributed by atoms with van der Waals surface area (Å²) in [6, 6.07) is 22.5. The second-order valence-corrected chi connectivity index (χ2v) is 8.99. The summed E-state index contributed by atoms with van der Waals surface area (Å²) in [5.74, 6) is -0.636. The highest BCUT2D eigenvalue weighted by molar-refractivity contribution is 6.05. The number of esters is 2. The van der Waals surface area contributed by atoms with E-state index in [2.05, 4.69) is 10.3 Å². The number of hydrogen-bond donors (Lipinski definition) is 1. The predicted octanol–water partition coefficient (Wildman–Crippen LogP) is 5.52. The van der Waals surface area contributed by atoms with Crippen LogP contribution in [0.3, 0.4) is 0 Å². The molecule has 0 radical (unpaired) electrons. The van der Waals surface area contributed by atoms with Crippen molar-refractivity contribution < 1.29 is 28.6 Å². The fraction of sp³-hybridized carbons (Fsp3) is 0.200. The van der Waals surface area contributed by atoms with E-state index in [4.69, 9.17) is 14.2 Å². The fourth-order valence-corrected chi connectivity index (χ4v) is 3.68. The molecular weight excluding hydrogens is 484 g/mol. The van der Waals surface area contributed by atoms with Gasteiger partial charge in [-0.2, -0.15) is 0 Å². The summed E-state index contributed by atoms with van der Waals surface area (Å²) < 4.78 is 15.8. The highest BCUT2D eigenvalue weighted by Gasteiger charge is 2.17. The van der Waals surface area contributed by atoms with Crippen molar-refractivity contribution in [1.29, 1.82) is 0 Å². The number of methoxy groups -OCH3 is 1. The maximum Gasteiger partial charge on any atom is 0.339 e. The van der Waals surface area contributed by atoms with Gasteiger partial charge in [0.2, 0.25) is 0 Å². The minimum atomic E-state index is -0.642. The minimum absolute atomic E-state index is 0.236. The number of benzene rings is 3. The lowest BCUT2D eigenvalue weighted by atomic mass is 10.0. The number of carbonyl (C=O) groups excluding carboxylic acids is 3. The molecule has 1 amide bonds. The molecule has 194 valence electrons. The van der Waals surface area contributed by atoms with Crippen molar-refractivity contribution in [2.45, 2.75) is 13.8 Å². The molecule has 1 N–H and O–H groups in total. The van der Waals surface area contributed by atoms with Crippen molar-refractivity contribution in [3.63, 3.8) is 0 Å². The number of aromatic nitrogens is 1. The normalized spacial score (nSPS) is 10.7. The first-order valence-corrected chi connectivity index (χ1v) is 12.1. The maximum absolute atomic E-state index is 13.0. The van der Waals surface area contributed by atoms with Crippen molar-refractivity contribution in [3.8, 4) is 17.0 Å². The number of nitrogens with one attached hydrogen (secondary N) is 1. The van der Waals surface area contributed by atoms with Crippen LogP contribution >= 0.6 is 0 Å². The summed E-state index contributed by atoms with van der Waals surface area (Å²) >= 11 is 0. The highest BCUT2D eigenvalue weighted by atomic mass is 16.5. The Bertz CT molecular complexity index is 1450. The number of ether oxygens (including phenoxy) is 3. The van der Waals surface area contributed by atoms with Crippen LogP contribution in [0, 0.1) is 5.92 Å². The molecule has 38 heavy (non-hydrogen) atoms. The largest absolute Gasteiger partial charge is 0.497 e. The number of carbonyl (C=O) groups is 3. The smallest absolute Gasteiger partial charge is 0.339 e. The highest BCUT2D eigenvalue weighted by Crippen LogP contribution is 2.27. The van der Waals surface area contributed by atoms with Crippen molar-refractivity contribution in [2.75, 3.05) is 25.6 Å². The van der Waals surface area contributed by atoms with E-state index in [1.165, 1.54) is 0 Å². The molecule has 0 aliphatic rings. The van der Waals surface area contributed by atoms with Crippen molar-refractivity contribution >= 4 is 34.4 Å². The second kappa shape index (κ2) is 12.0. The van der Waals surface area contributed by atoms with Gasteiger partial charge < -0.3 is 19.5 Å². The first kappa shape index (κ1) is 26.3. The zero-order valence-corrected chi connectivity index (χ0v) is 21.4. The Morgan fingerprint density at radius 3 is 2.26 bits per heavy atom. The monoisotopic (exact) mass is 512 g/mol. The zero-order chi connectivity index (χ0) is 27.1. The average molecular weight is 513 g/mol. The molecule has 4 aromatic rings. The lowest BCUT2D eigenvalue weighted by Crippen LogP contribution is -2.21. The number of rotatable bonds is 9. The molecule has 3 aromatic carbocycles. The van der Waals surface area contributed by atoms with E-state index < -0.39 is 24.5 Å². The van der Waals surface area contributed by atoms with Crippen LogP contribution in [0.15, 0.2) is 78.9 Å². The van der Waals surface area contributed by atoms with Gasteiger partial charge >= 0.3 is 11.9 Å². The Labute approximate surface area is 220 Å². The van der Waals surface area contributed by atoms with Gasteiger partial charge in [0, 0.05) is 16.6 Å². The Morgan fingerprint density at radius 1 is 0.868 bits per heavy atom. The van der Waals surface area contributed by atoms with Gasteiger partial charge in [0.05, 0.1) is 36.1 Å². The van der Waals surface area contributed by atoms with Crippen LogP contribution in [0.1, 0.15) is 34.6 Å². The summed E-state index contributed by atoms with van der Waals surface area (Å²) in [4.78, 5) is 42.2.